The lowest BCUT2D eigenvalue weighted by atomic mass is 9.99. The van der Waals surface area contributed by atoms with Crippen molar-refractivity contribution in [2.24, 2.45) is 0 Å². The monoisotopic (exact) mass is 259 g/mol. The molecule has 1 atom stereocenters. The fourth-order valence-electron chi connectivity index (χ4n) is 1.84. The Bertz CT molecular complexity index is 663. The number of aliphatic hydroxyl groups excluding tert-OH is 1. The lowest BCUT2D eigenvalue weighted by Gasteiger charge is -2.08. The van der Waals surface area contributed by atoms with E-state index in [0.29, 0.717) is 17.8 Å². The van der Waals surface area contributed by atoms with Crippen molar-refractivity contribution in [3.63, 3.8) is 0 Å². The van der Waals surface area contributed by atoms with Crippen molar-refractivity contribution in [1.82, 2.24) is 15.1 Å². The Hall–Kier alpha value is -2.50. The van der Waals surface area contributed by atoms with Crippen LogP contribution in [0.15, 0.2) is 46.8 Å². The van der Waals surface area contributed by atoms with Gasteiger partial charge in [-0.05, 0) is 24.6 Å². The summed E-state index contributed by atoms with van der Waals surface area (Å²) in [6.07, 6.45) is 7.03. The number of halogens is 1. The zero-order chi connectivity index (χ0) is 13.2. The first-order chi connectivity index (χ1) is 9.22. The third-order valence-corrected chi connectivity index (χ3v) is 2.83. The van der Waals surface area contributed by atoms with E-state index in [0.717, 1.165) is 0 Å². The van der Waals surface area contributed by atoms with Gasteiger partial charge in [-0.25, -0.2) is 4.98 Å². The lowest BCUT2D eigenvalue weighted by molar-refractivity contribution is 0.413. The molecule has 0 spiro atoms. The molecule has 19 heavy (non-hydrogen) atoms. The van der Waals surface area contributed by atoms with E-state index in [1.54, 1.807) is 24.3 Å². The summed E-state index contributed by atoms with van der Waals surface area (Å²) in [6.45, 7) is 0. The minimum Gasteiger partial charge on any atom is -0.508 e. The molecule has 0 aromatic carbocycles. The normalized spacial score (nSPS) is 18.4. The average molecular weight is 259 g/mol. The highest BCUT2D eigenvalue weighted by Gasteiger charge is 2.18. The van der Waals surface area contributed by atoms with Gasteiger partial charge in [0.05, 0.1) is 0 Å². The Balaban J connectivity index is 1.86. The van der Waals surface area contributed by atoms with Crippen LogP contribution >= 0.6 is 0 Å². The molecule has 1 aliphatic rings. The molecule has 2 aromatic rings. The second-order valence-electron chi connectivity index (χ2n) is 4.16. The summed E-state index contributed by atoms with van der Waals surface area (Å²) >= 11 is 0. The van der Waals surface area contributed by atoms with Crippen molar-refractivity contribution in [3.8, 4) is 11.5 Å². The molecule has 3 rings (SSSR count). The fourth-order valence-corrected chi connectivity index (χ4v) is 1.84. The molecule has 96 valence electrons. The van der Waals surface area contributed by atoms with E-state index in [4.69, 9.17) is 4.52 Å². The third-order valence-electron chi connectivity index (χ3n) is 2.83. The number of hydrogen-bond donors (Lipinski definition) is 1. The van der Waals surface area contributed by atoms with Gasteiger partial charge >= 0.3 is 0 Å². The second-order valence-corrected chi connectivity index (χ2v) is 4.16. The van der Waals surface area contributed by atoms with Crippen LogP contribution in [0.25, 0.3) is 11.5 Å². The van der Waals surface area contributed by atoms with E-state index >= 15 is 0 Å². The summed E-state index contributed by atoms with van der Waals surface area (Å²) in [5.74, 6) is 0.356. The second kappa shape index (κ2) is 4.64. The van der Waals surface area contributed by atoms with Crippen molar-refractivity contribution in [3.05, 3.63) is 54.1 Å². The van der Waals surface area contributed by atoms with E-state index in [9.17, 15) is 9.50 Å². The van der Waals surface area contributed by atoms with Gasteiger partial charge in [0.2, 0.25) is 5.95 Å². The predicted octanol–water partition coefficient (Wildman–Crippen LogP) is 2.76. The molecule has 0 bridgehead atoms. The zero-order valence-corrected chi connectivity index (χ0v) is 9.82. The van der Waals surface area contributed by atoms with Gasteiger partial charge in [-0.3, -0.25) is 0 Å². The first kappa shape index (κ1) is 11.6. The van der Waals surface area contributed by atoms with E-state index in [1.165, 1.54) is 12.3 Å². The van der Waals surface area contributed by atoms with Crippen LogP contribution in [0.1, 0.15) is 18.2 Å². The molecule has 0 aliphatic heterocycles. The van der Waals surface area contributed by atoms with Crippen molar-refractivity contribution in [1.29, 1.82) is 0 Å². The molecule has 6 heteroatoms. The zero-order valence-electron chi connectivity index (χ0n) is 9.82. The molecule has 1 unspecified atom stereocenters. The minimum absolute atomic E-state index is 0.0416. The predicted molar refractivity (Wildman–Crippen MR) is 64.7 cm³/mol. The van der Waals surface area contributed by atoms with Gasteiger partial charge in [0.15, 0.2) is 5.82 Å². The molecule has 1 aliphatic carbocycles. The van der Waals surface area contributed by atoms with Crippen LogP contribution in [0.5, 0.6) is 0 Å². The number of aliphatic hydroxyl groups is 1. The topological polar surface area (TPSA) is 72.0 Å². The third kappa shape index (κ3) is 2.37. The van der Waals surface area contributed by atoms with Crippen LogP contribution in [0.2, 0.25) is 0 Å². The lowest BCUT2D eigenvalue weighted by Crippen LogP contribution is -2.00. The summed E-state index contributed by atoms with van der Waals surface area (Å²) in [5, 5.41) is 13.1. The van der Waals surface area contributed by atoms with Gasteiger partial charge in [-0.1, -0.05) is 11.2 Å². The first-order valence-corrected chi connectivity index (χ1v) is 5.75. The minimum atomic E-state index is -0.595. The Morgan fingerprint density at radius 2 is 2.32 bits per heavy atom. The molecule has 0 radical (unpaired) electrons. The van der Waals surface area contributed by atoms with Crippen LogP contribution in [0, 0.1) is 5.95 Å². The maximum Gasteiger partial charge on any atom is 0.258 e. The van der Waals surface area contributed by atoms with Crippen LogP contribution in [0.3, 0.4) is 0 Å². The summed E-state index contributed by atoms with van der Waals surface area (Å²) < 4.78 is 18.1. The molecule has 1 N–H and O–H groups in total. The molecule has 0 saturated heterocycles. The molecular formula is C13H10FN3O2. The molecule has 0 saturated carbocycles. The van der Waals surface area contributed by atoms with Crippen molar-refractivity contribution in [2.75, 3.05) is 0 Å². The van der Waals surface area contributed by atoms with E-state index in [2.05, 4.69) is 15.1 Å². The number of hydrogen-bond acceptors (Lipinski definition) is 5. The Kier molecular flexibility index (Phi) is 2.83. The van der Waals surface area contributed by atoms with Gasteiger partial charge in [-0.15, -0.1) is 0 Å². The van der Waals surface area contributed by atoms with Gasteiger partial charge in [0.1, 0.15) is 5.76 Å². The smallest absolute Gasteiger partial charge is 0.258 e. The maximum atomic E-state index is 13.0. The molecule has 2 heterocycles. The van der Waals surface area contributed by atoms with E-state index in [-0.39, 0.29) is 17.6 Å². The van der Waals surface area contributed by atoms with Crippen molar-refractivity contribution >= 4 is 0 Å². The maximum absolute atomic E-state index is 13.0. The number of aromatic nitrogens is 3. The molecule has 0 amide bonds. The first-order valence-electron chi connectivity index (χ1n) is 5.75. The van der Waals surface area contributed by atoms with E-state index < -0.39 is 5.95 Å². The Labute approximate surface area is 108 Å². The standard InChI is InChI=1S/C13H10FN3O2/c14-11-7-9(5-6-15-11)13-16-12(17-19-13)8-1-3-10(18)4-2-8/h1,3-8,18H,2H2. The van der Waals surface area contributed by atoms with Crippen LogP contribution < -0.4 is 0 Å². The quantitative estimate of drug-likeness (QED) is 0.839. The molecule has 2 aromatic heterocycles. The Morgan fingerprint density at radius 1 is 1.42 bits per heavy atom. The summed E-state index contributed by atoms with van der Waals surface area (Å²) in [5.41, 5.74) is 0.490. The van der Waals surface area contributed by atoms with Crippen LogP contribution in [-0.4, -0.2) is 20.2 Å². The SMILES string of the molecule is OC1=CCC(c2noc(-c3ccnc(F)c3)n2)C=C1. The largest absolute Gasteiger partial charge is 0.508 e. The summed E-state index contributed by atoms with van der Waals surface area (Å²) in [6, 6.07) is 2.84. The van der Waals surface area contributed by atoms with Crippen LogP contribution in [0.4, 0.5) is 4.39 Å². The summed E-state index contributed by atoms with van der Waals surface area (Å²) in [7, 11) is 0. The fraction of sp³-hybridized carbons (Fsp3) is 0.154. The van der Waals surface area contributed by atoms with Crippen LogP contribution in [-0.2, 0) is 0 Å². The average Bonchev–Trinajstić information content (AvgIpc) is 2.89. The van der Waals surface area contributed by atoms with Crippen molar-refractivity contribution in [2.45, 2.75) is 12.3 Å². The van der Waals surface area contributed by atoms with Gasteiger partial charge in [0.25, 0.3) is 5.89 Å². The van der Waals surface area contributed by atoms with Crippen molar-refractivity contribution < 1.29 is 14.0 Å². The van der Waals surface area contributed by atoms with Gasteiger partial charge in [-0.2, -0.15) is 9.37 Å². The summed E-state index contributed by atoms with van der Waals surface area (Å²) in [4.78, 5) is 7.70. The highest BCUT2D eigenvalue weighted by Crippen LogP contribution is 2.26. The number of rotatable bonds is 2. The highest BCUT2D eigenvalue weighted by atomic mass is 19.1. The number of nitrogens with zero attached hydrogens (tertiary/aromatic N) is 3. The highest BCUT2D eigenvalue weighted by molar-refractivity contribution is 5.51. The van der Waals surface area contributed by atoms with Gasteiger partial charge < -0.3 is 9.63 Å². The Morgan fingerprint density at radius 3 is 3.05 bits per heavy atom. The molecule has 5 nitrogen and oxygen atoms in total. The molecule has 0 fully saturated rings. The van der Waals surface area contributed by atoms with E-state index in [1.807, 2.05) is 0 Å². The van der Waals surface area contributed by atoms with Gasteiger partial charge in [0, 0.05) is 23.7 Å². The number of pyridine rings is 1. The number of allylic oxidation sites excluding steroid dienone is 3. The molecular weight excluding hydrogens is 249 g/mol.